The van der Waals surface area contributed by atoms with Crippen molar-refractivity contribution in [2.45, 2.75) is 32.1 Å². The van der Waals surface area contributed by atoms with Crippen LogP contribution in [0.4, 0.5) is 17.1 Å². The molecule has 4 aromatic rings. The SMILES string of the molecule is Nc1c(C(=O)N2c3ccccc3CCc3ccccc32)sc2nc3c(cc12)CCC3. The average Bonchev–Trinajstić information content (AvgIpc) is 3.31. The lowest BCUT2D eigenvalue weighted by Gasteiger charge is -2.24. The van der Waals surface area contributed by atoms with Crippen LogP contribution < -0.4 is 10.6 Å². The number of hydrogen-bond acceptors (Lipinski definition) is 4. The number of amides is 1. The number of carbonyl (C=O) groups excluding carboxylic acids is 1. The third-order valence-electron chi connectivity index (χ3n) is 6.28. The summed E-state index contributed by atoms with van der Waals surface area (Å²) in [6.07, 6.45) is 5.02. The summed E-state index contributed by atoms with van der Waals surface area (Å²) in [4.78, 5) is 22.1. The molecule has 1 amide bonds. The Hall–Kier alpha value is -3.18. The zero-order valence-corrected chi connectivity index (χ0v) is 17.3. The fraction of sp³-hybridized carbons (Fsp3) is 0.200. The molecule has 1 aliphatic heterocycles. The maximum atomic E-state index is 14.0. The molecule has 30 heavy (non-hydrogen) atoms. The molecule has 148 valence electrons. The van der Waals surface area contributed by atoms with Crippen LogP contribution in [0.25, 0.3) is 10.2 Å². The Morgan fingerprint density at radius 1 is 0.900 bits per heavy atom. The number of nitrogen functional groups attached to an aromatic ring is 1. The monoisotopic (exact) mass is 411 g/mol. The van der Waals surface area contributed by atoms with Crippen molar-refractivity contribution in [3.05, 3.63) is 81.9 Å². The van der Waals surface area contributed by atoms with Gasteiger partial charge in [0.15, 0.2) is 0 Å². The standard InChI is InChI=1S/C25H21N3OS/c26-22-18-14-17-8-5-9-19(17)27-24(18)30-23(22)25(29)28-20-10-3-1-6-15(20)12-13-16-7-2-4-11-21(16)28/h1-4,6-7,10-11,14H,5,8-9,12-13,26H2. The highest BCUT2D eigenvalue weighted by molar-refractivity contribution is 7.21. The predicted octanol–water partition coefficient (Wildman–Crippen LogP) is 5.44. The number of aromatic nitrogens is 1. The predicted molar refractivity (Wildman–Crippen MR) is 123 cm³/mol. The van der Waals surface area contributed by atoms with Gasteiger partial charge in [-0.05, 0) is 67.0 Å². The number of para-hydroxylation sites is 2. The molecule has 3 heterocycles. The van der Waals surface area contributed by atoms with Crippen LogP contribution in [0, 0.1) is 0 Å². The van der Waals surface area contributed by atoms with Crippen molar-refractivity contribution in [1.29, 1.82) is 0 Å². The summed E-state index contributed by atoms with van der Waals surface area (Å²) in [6.45, 7) is 0. The maximum absolute atomic E-state index is 14.0. The molecule has 5 heteroatoms. The van der Waals surface area contributed by atoms with Gasteiger partial charge in [-0.15, -0.1) is 11.3 Å². The largest absolute Gasteiger partial charge is 0.397 e. The number of thiophene rings is 1. The van der Waals surface area contributed by atoms with E-state index in [9.17, 15) is 4.79 Å². The first-order chi connectivity index (χ1) is 14.7. The lowest BCUT2D eigenvalue weighted by Crippen LogP contribution is -2.26. The molecule has 0 atom stereocenters. The van der Waals surface area contributed by atoms with Gasteiger partial charge in [0.1, 0.15) is 9.71 Å². The van der Waals surface area contributed by atoms with Crippen LogP contribution in [0.2, 0.25) is 0 Å². The van der Waals surface area contributed by atoms with Crippen molar-refractivity contribution in [2.24, 2.45) is 0 Å². The quantitative estimate of drug-likeness (QED) is 0.453. The summed E-state index contributed by atoms with van der Waals surface area (Å²) >= 11 is 1.42. The van der Waals surface area contributed by atoms with E-state index < -0.39 is 0 Å². The Bertz CT molecular complexity index is 1280. The lowest BCUT2D eigenvalue weighted by molar-refractivity contribution is 0.100. The molecule has 0 saturated carbocycles. The molecule has 4 nitrogen and oxygen atoms in total. The number of pyridine rings is 1. The second kappa shape index (κ2) is 6.67. The number of nitrogens with two attached hydrogens (primary N) is 1. The fourth-order valence-electron chi connectivity index (χ4n) is 4.76. The van der Waals surface area contributed by atoms with E-state index in [0.29, 0.717) is 10.6 Å². The van der Waals surface area contributed by atoms with Gasteiger partial charge in [-0.2, -0.15) is 0 Å². The molecule has 0 fully saturated rings. The second-order valence-electron chi connectivity index (χ2n) is 8.04. The molecular formula is C25H21N3OS. The molecule has 0 unspecified atom stereocenters. The number of fused-ring (bicyclic) bond motifs is 4. The number of carbonyl (C=O) groups is 1. The van der Waals surface area contributed by atoms with Gasteiger partial charge in [-0.25, -0.2) is 4.98 Å². The van der Waals surface area contributed by atoms with Gasteiger partial charge in [0.2, 0.25) is 0 Å². The Labute approximate surface area is 179 Å². The minimum Gasteiger partial charge on any atom is -0.397 e. The second-order valence-corrected chi connectivity index (χ2v) is 9.04. The third kappa shape index (κ3) is 2.58. The summed E-state index contributed by atoms with van der Waals surface area (Å²) in [5, 5.41) is 0.917. The first kappa shape index (κ1) is 17.7. The van der Waals surface area contributed by atoms with Gasteiger partial charge in [-0.3, -0.25) is 9.69 Å². The minimum absolute atomic E-state index is 0.0718. The van der Waals surface area contributed by atoms with E-state index in [2.05, 4.69) is 18.2 Å². The Morgan fingerprint density at radius 2 is 1.57 bits per heavy atom. The van der Waals surface area contributed by atoms with Gasteiger partial charge < -0.3 is 5.73 Å². The smallest absolute Gasteiger partial charge is 0.275 e. The van der Waals surface area contributed by atoms with Gasteiger partial charge in [-0.1, -0.05) is 36.4 Å². The van der Waals surface area contributed by atoms with E-state index in [-0.39, 0.29) is 5.91 Å². The van der Waals surface area contributed by atoms with Crippen LogP contribution in [0.5, 0.6) is 0 Å². The number of hydrogen-bond donors (Lipinski definition) is 1. The Morgan fingerprint density at radius 3 is 2.27 bits per heavy atom. The molecule has 0 spiro atoms. The molecule has 2 aromatic heterocycles. The van der Waals surface area contributed by atoms with Crippen molar-refractivity contribution in [2.75, 3.05) is 10.6 Å². The first-order valence-corrected chi connectivity index (χ1v) is 11.2. The summed E-state index contributed by atoms with van der Waals surface area (Å²) in [5.41, 5.74) is 13.8. The number of nitrogens with zero attached hydrogens (tertiary/aromatic N) is 2. The number of benzene rings is 2. The number of aryl methyl sites for hydroxylation is 4. The molecule has 0 radical (unpaired) electrons. The Balaban J connectivity index is 1.54. The van der Waals surface area contributed by atoms with E-state index in [0.717, 1.165) is 59.4 Å². The van der Waals surface area contributed by atoms with E-state index in [1.54, 1.807) is 0 Å². The third-order valence-corrected chi connectivity index (χ3v) is 7.38. The molecule has 0 bridgehead atoms. The molecule has 1 aliphatic carbocycles. The van der Waals surface area contributed by atoms with Gasteiger partial charge in [0.25, 0.3) is 5.91 Å². The summed E-state index contributed by atoms with van der Waals surface area (Å²) in [7, 11) is 0. The lowest BCUT2D eigenvalue weighted by atomic mass is 10.0. The van der Waals surface area contributed by atoms with E-state index >= 15 is 0 Å². The highest BCUT2D eigenvalue weighted by atomic mass is 32.1. The van der Waals surface area contributed by atoms with Crippen molar-refractivity contribution >= 4 is 44.5 Å². The molecule has 6 rings (SSSR count). The van der Waals surface area contributed by atoms with E-state index in [1.165, 1.54) is 28.0 Å². The minimum atomic E-state index is -0.0718. The highest BCUT2D eigenvalue weighted by Gasteiger charge is 2.30. The topological polar surface area (TPSA) is 59.2 Å². The molecule has 2 aromatic carbocycles. The van der Waals surface area contributed by atoms with Crippen LogP contribution in [0.3, 0.4) is 0 Å². The van der Waals surface area contributed by atoms with Crippen molar-refractivity contribution in [3.63, 3.8) is 0 Å². The zero-order chi connectivity index (χ0) is 20.2. The van der Waals surface area contributed by atoms with Gasteiger partial charge in [0, 0.05) is 11.1 Å². The number of anilines is 3. The molecule has 2 aliphatic rings. The van der Waals surface area contributed by atoms with Crippen LogP contribution >= 0.6 is 11.3 Å². The van der Waals surface area contributed by atoms with Crippen molar-refractivity contribution in [3.8, 4) is 0 Å². The van der Waals surface area contributed by atoms with E-state index in [4.69, 9.17) is 10.7 Å². The normalized spacial score (nSPS) is 14.9. The average molecular weight is 412 g/mol. The van der Waals surface area contributed by atoms with Gasteiger partial charge in [0.05, 0.1) is 17.1 Å². The fourth-order valence-corrected chi connectivity index (χ4v) is 5.78. The summed E-state index contributed by atoms with van der Waals surface area (Å²) in [5.74, 6) is -0.0718. The maximum Gasteiger partial charge on any atom is 0.275 e. The van der Waals surface area contributed by atoms with Crippen LogP contribution in [0.15, 0.2) is 54.6 Å². The van der Waals surface area contributed by atoms with Crippen molar-refractivity contribution in [1.82, 2.24) is 4.98 Å². The number of rotatable bonds is 1. The summed E-state index contributed by atoms with van der Waals surface area (Å²) < 4.78 is 0. The molecule has 0 saturated heterocycles. The zero-order valence-electron chi connectivity index (χ0n) is 16.5. The molecular weight excluding hydrogens is 390 g/mol. The van der Waals surface area contributed by atoms with Crippen LogP contribution in [-0.4, -0.2) is 10.9 Å². The highest BCUT2D eigenvalue weighted by Crippen LogP contribution is 2.41. The van der Waals surface area contributed by atoms with Crippen LogP contribution in [0.1, 0.15) is 38.5 Å². The first-order valence-electron chi connectivity index (χ1n) is 10.4. The van der Waals surface area contributed by atoms with Gasteiger partial charge >= 0.3 is 0 Å². The molecule has 2 N–H and O–H groups in total. The van der Waals surface area contributed by atoms with Crippen molar-refractivity contribution < 1.29 is 4.79 Å². The van der Waals surface area contributed by atoms with E-state index in [1.807, 2.05) is 41.3 Å². The summed E-state index contributed by atoms with van der Waals surface area (Å²) in [6, 6.07) is 18.5. The Kier molecular flexibility index (Phi) is 3.93. The van der Waals surface area contributed by atoms with Crippen LogP contribution in [-0.2, 0) is 25.7 Å².